The van der Waals surface area contributed by atoms with Crippen LogP contribution in [0.5, 0.6) is 11.5 Å². The number of carbonyl (C=O) groups is 2. The molecular weight excluding hydrogens is 442 g/mol. The van der Waals surface area contributed by atoms with E-state index in [9.17, 15) is 9.59 Å². The number of anilines is 2. The Labute approximate surface area is 196 Å². The van der Waals surface area contributed by atoms with E-state index in [4.69, 9.17) is 9.47 Å². The summed E-state index contributed by atoms with van der Waals surface area (Å²) in [6.45, 7) is 5.01. The highest BCUT2D eigenvalue weighted by molar-refractivity contribution is 8.14. The molecule has 10 heteroatoms. The normalized spacial score (nSPS) is 16.7. The van der Waals surface area contributed by atoms with E-state index in [1.54, 1.807) is 34.3 Å². The number of rotatable bonds is 8. The smallest absolute Gasteiger partial charge is 0.276 e. The second kappa shape index (κ2) is 10.3. The fourth-order valence-electron chi connectivity index (χ4n) is 3.33. The number of thioether (sulfide) groups is 1. The van der Waals surface area contributed by atoms with Crippen molar-refractivity contribution >= 4 is 40.1 Å². The van der Waals surface area contributed by atoms with Crippen LogP contribution in [0.15, 0.2) is 66.0 Å². The lowest BCUT2D eigenvalue weighted by Gasteiger charge is -2.31. The summed E-state index contributed by atoms with van der Waals surface area (Å²) in [6, 6.07) is 14.5. The monoisotopic (exact) mass is 467 g/mol. The third-order valence-electron chi connectivity index (χ3n) is 4.84. The molecule has 2 aromatic rings. The third-order valence-corrected chi connectivity index (χ3v) is 5.80. The number of benzene rings is 2. The maximum Gasteiger partial charge on any atom is 0.276 e. The van der Waals surface area contributed by atoms with Crippen LogP contribution in [0.4, 0.5) is 11.4 Å². The predicted octanol–water partition coefficient (Wildman–Crippen LogP) is 3.18. The highest BCUT2D eigenvalue weighted by Gasteiger charge is 2.38. The lowest BCUT2D eigenvalue weighted by atomic mass is 10.2. The first-order valence-electron chi connectivity index (χ1n) is 10.6. The van der Waals surface area contributed by atoms with Crippen LogP contribution in [0.25, 0.3) is 0 Å². The molecule has 0 saturated carbocycles. The number of nitrogens with one attached hydrogen (secondary N) is 2. The molecule has 9 nitrogen and oxygen atoms in total. The van der Waals surface area contributed by atoms with Gasteiger partial charge in [0.1, 0.15) is 11.5 Å². The van der Waals surface area contributed by atoms with Gasteiger partial charge >= 0.3 is 0 Å². The summed E-state index contributed by atoms with van der Waals surface area (Å²) in [5.41, 5.74) is 4.28. The van der Waals surface area contributed by atoms with Gasteiger partial charge in [0.15, 0.2) is 5.17 Å². The van der Waals surface area contributed by atoms with Crippen LogP contribution in [0.3, 0.4) is 0 Å². The molecule has 2 aromatic carbocycles. The fraction of sp³-hybridized carbons (Fsp3) is 0.261. The minimum atomic E-state index is -0.654. The molecule has 172 valence electrons. The molecule has 0 radical (unpaired) electrons. The van der Waals surface area contributed by atoms with Crippen LogP contribution < -0.4 is 25.1 Å². The molecule has 1 unspecified atom stereocenters. The number of amides is 2. The second-order valence-corrected chi connectivity index (χ2v) is 8.00. The number of hydrogen-bond donors (Lipinski definition) is 2. The SMILES string of the molecule is CCOc1ccc(NC(=O)CSC2=NNC3C(=O)N(c4ccc(OCC)cc4)C=CN23)cc1. The molecule has 2 heterocycles. The minimum Gasteiger partial charge on any atom is -0.494 e. The van der Waals surface area contributed by atoms with E-state index >= 15 is 0 Å². The Bertz CT molecular complexity index is 1060. The predicted molar refractivity (Wildman–Crippen MR) is 129 cm³/mol. The van der Waals surface area contributed by atoms with Gasteiger partial charge in [-0.3, -0.25) is 24.8 Å². The summed E-state index contributed by atoms with van der Waals surface area (Å²) in [4.78, 5) is 28.6. The van der Waals surface area contributed by atoms with Gasteiger partial charge in [0.2, 0.25) is 12.1 Å². The Hall–Kier alpha value is -3.66. The van der Waals surface area contributed by atoms with Gasteiger partial charge in [0.25, 0.3) is 5.91 Å². The molecule has 2 N–H and O–H groups in total. The summed E-state index contributed by atoms with van der Waals surface area (Å²) < 4.78 is 10.9. The lowest BCUT2D eigenvalue weighted by molar-refractivity contribution is -0.122. The number of amidine groups is 1. The van der Waals surface area contributed by atoms with Gasteiger partial charge < -0.3 is 14.8 Å². The summed E-state index contributed by atoms with van der Waals surface area (Å²) in [7, 11) is 0. The standard InChI is InChI=1S/C23H25N5O4S/c1-3-31-18-9-5-16(6-10-18)24-20(29)15-33-23-26-25-21-22(30)27(13-14-28(21)23)17-7-11-19(12-8-17)32-4-2/h5-14,21,25H,3-4,15H2,1-2H3,(H,24,29). The van der Waals surface area contributed by atoms with Gasteiger partial charge in [0, 0.05) is 23.8 Å². The molecule has 2 aliphatic heterocycles. The third kappa shape index (κ3) is 5.23. The Balaban J connectivity index is 1.32. The van der Waals surface area contributed by atoms with Crippen molar-refractivity contribution in [2.75, 3.05) is 29.2 Å². The lowest BCUT2D eigenvalue weighted by Crippen LogP contribution is -2.52. The van der Waals surface area contributed by atoms with E-state index < -0.39 is 6.17 Å². The number of hydrogen-bond acceptors (Lipinski definition) is 8. The van der Waals surface area contributed by atoms with Crippen LogP contribution >= 0.6 is 11.8 Å². The average molecular weight is 468 g/mol. The molecule has 0 aliphatic carbocycles. The van der Waals surface area contributed by atoms with Gasteiger partial charge in [-0.2, -0.15) is 5.10 Å². The zero-order valence-corrected chi connectivity index (χ0v) is 19.2. The Morgan fingerprint density at radius 1 is 1.03 bits per heavy atom. The largest absolute Gasteiger partial charge is 0.494 e. The molecule has 0 aromatic heterocycles. The highest BCUT2D eigenvalue weighted by Crippen LogP contribution is 2.27. The van der Waals surface area contributed by atoms with Gasteiger partial charge in [-0.15, -0.1) is 0 Å². The second-order valence-electron chi connectivity index (χ2n) is 7.06. The molecule has 1 atom stereocenters. The van der Waals surface area contributed by atoms with Crippen molar-refractivity contribution in [1.29, 1.82) is 0 Å². The van der Waals surface area contributed by atoms with Crippen LogP contribution in [-0.4, -0.2) is 47.0 Å². The van der Waals surface area contributed by atoms with E-state index in [0.29, 0.717) is 24.1 Å². The topological polar surface area (TPSA) is 95.5 Å². The summed E-state index contributed by atoms with van der Waals surface area (Å²) in [5, 5.41) is 7.65. The van der Waals surface area contributed by atoms with Crippen molar-refractivity contribution in [3.8, 4) is 11.5 Å². The van der Waals surface area contributed by atoms with Crippen molar-refractivity contribution < 1.29 is 19.1 Å². The summed E-state index contributed by atoms with van der Waals surface area (Å²) in [6.07, 6.45) is 2.81. The van der Waals surface area contributed by atoms with E-state index in [-0.39, 0.29) is 17.6 Å². The number of hydrazone groups is 1. The van der Waals surface area contributed by atoms with Gasteiger partial charge in [-0.1, -0.05) is 11.8 Å². The molecule has 33 heavy (non-hydrogen) atoms. The minimum absolute atomic E-state index is 0.154. The zero-order chi connectivity index (χ0) is 23.2. The van der Waals surface area contributed by atoms with Crippen LogP contribution in [-0.2, 0) is 9.59 Å². The van der Waals surface area contributed by atoms with Gasteiger partial charge in [0.05, 0.1) is 19.0 Å². The fourth-order valence-corrected chi connectivity index (χ4v) is 4.10. The molecule has 0 saturated heterocycles. The zero-order valence-electron chi connectivity index (χ0n) is 18.4. The Morgan fingerprint density at radius 3 is 2.30 bits per heavy atom. The number of fused-ring (bicyclic) bond motifs is 1. The molecule has 0 bridgehead atoms. The number of ether oxygens (including phenoxy) is 2. The Morgan fingerprint density at radius 2 is 1.67 bits per heavy atom. The maximum absolute atomic E-state index is 13.0. The molecule has 2 aliphatic rings. The summed E-state index contributed by atoms with van der Waals surface area (Å²) in [5.74, 6) is 1.32. The first kappa shape index (κ1) is 22.5. The maximum atomic E-state index is 13.0. The van der Waals surface area contributed by atoms with Crippen LogP contribution in [0.2, 0.25) is 0 Å². The number of carbonyl (C=O) groups excluding carboxylic acids is 2. The first-order chi connectivity index (χ1) is 16.1. The van der Waals surface area contributed by atoms with Crippen molar-refractivity contribution in [2.24, 2.45) is 5.10 Å². The van der Waals surface area contributed by atoms with Gasteiger partial charge in [-0.25, -0.2) is 0 Å². The first-order valence-corrected chi connectivity index (χ1v) is 11.6. The van der Waals surface area contributed by atoms with Crippen LogP contribution in [0.1, 0.15) is 13.8 Å². The van der Waals surface area contributed by atoms with E-state index in [0.717, 1.165) is 17.2 Å². The molecular formula is C23H25N5O4S. The molecule has 0 spiro atoms. The highest BCUT2D eigenvalue weighted by atomic mass is 32.2. The van der Waals surface area contributed by atoms with Crippen molar-refractivity contribution in [1.82, 2.24) is 10.3 Å². The van der Waals surface area contributed by atoms with Crippen molar-refractivity contribution in [2.45, 2.75) is 20.0 Å². The summed E-state index contributed by atoms with van der Waals surface area (Å²) >= 11 is 1.25. The van der Waals surface area contributed by atoms with E-state index in [1.807, 2.05) is 50.2 Å². The van der Waals surface area contributed by atoms with Gasteiger partial charge in [-0.05, 0) is 62.4 Å². The van der Waals surface area contributed by atoms with E-state index in [1.165, 1.54) is 11.8 Å². The molecule has 2 amide bonds. The van der Waals surface area contributed by atoms with Crippen molar-refractivity contribution in [3.63, 3.8) is 0 Å². The van der Waals surface area contributed by atoms with E-state index in [2.05, 4.69) is 15.8 Å². The molecule has 4 rings (SSSR count). The molecule has 0 fully saturated rings. The Kier molecular flexibility index (Phi) is 7.04. The van der Waals surface area contributed by atoms with Crippen molar-refractivity contribution in [3.05, 3.63) is 60.9 Å². The average Bonchev–Trinajstić information content (AvgIpc) is 3.24. The van der Waals surface area contributed by atoms with Crippen LogP contribution in [0, 0.1) is 0 Å². The quantitative estimate of drug-likeness (QED) is 0.616. The number of nitrogens with zero attached hydrogens (tertiary/aromatic N) is 3.